The first-order chi connectivity index (χ1) is 13.1. The van der Waals surface area contributed by atoms with Crippen molar-refractivity contribution in [1.82, 2.24) is 15.0 Å². The summed E-state index contributed by atoms with van der Waals surface area (Å²) in [7, 11) is 0. The molecule has 2 aromatic heterocycles. The van der Waals surface area contributed by atoms with Gasteiger partial charge in [-0.05, 0) is 24.3 Å². The summed E-state index contributed by atoms with van der Waals surface area (Å²) in [5, 5.41) is 13.0. The van der Waals surface area contributed by atoms with Gasteiger partial charge in [-0.3, -0.25) is 4.79 Å². The fraction of sp³-hybridized carbons (Fsp3) is 0. The molecule has 0 aliphatic rings. The fourth-order valence-corrected chi connectivity index (χ4v) is 3.54. The van der Waals surface area contributed by atoms with Crippen LogP contribution in [0.1, 0.15) is 10.8 Å². The third kappa shape index (κ3) is 3.51. The number of nitrogens with one attached hydrogen (secondary N) is 1. The van der Waals surface area contributed by atoms with E-state index in [1.165, 1.54) is 11.3 Å². The number of aromatic nitrogens is 3. The number of benzene rings is 2. The van der Waals surface area contributed by atoms with Crippen LogP contribution in [0.15, 0.2) is 58.7 Å². The van der Waals surface area contributed by atoms with Crippen molar-refractivity contribution in [3.05, 3.63) is 80.1 Å². The van der Waals surface area contributed by atoms with E-state index in [1.54, 1.807) is 24.3 Å². The number of aromatic amines is 1. The molecule has 1 N–H and O–H groups in total. The van der Waals surface area contributed by atoms with Gasteiger partial charge in [0.05, 0.1) is 22.2 Å². The van der Waals surface area contributed by atoms with Crippen LogP contribution in [-0.4, -0.2) is 15.0 Å². The Kier molecular flexibility index (Phi) is 4.55. The molecule has 4 rings (SSSR count). The van der Waals surface area contributed by atoms with E-state index in [9.17, 15) is 10.1 Å². The molecule has 0 saturated heterocycles. The summed E-state index contributed by atoms with van der Waals surface area (Å²) >= 11 is 7.40. The Balaban J connectivity index is 1.77. The first-order valence-corrected chi connectivity index (χ1v) is 9.22. The SMILES string of the molecule is N#C/C(=C/c1nc(-c2ccccc2)cs1)c1nc2cc(Cl)ccc2c(=O)[nH]1. The van der Waals surface area contributed by atoms with Crippen molar-refractivity contribution < 1.29 is 0 Å². The van der Waals surface area contributed by atoms with E-state index in [0.717, 1.165) is 11.3 Å². The lowest BCUT2D eigenvalue weighted by Crippen LogP contribution is -2.11. The lowest BCUT2D eigenvalue weighted by Gasteiger charge is -2.02. The van der Waals surface area contributed by atoms with Gasteiger partial charge in [-0.1, -0.05) is 41.9 Å². The number of allylic oxidation sites excluding steroid dienone is 1. The molecule has 0 fully saturated rings. The predicted octanol–water partition coefficient (Wildman–Crippen LogP) is 4.76. The fourth-order valence-electron chi connectivity index (χ4n) is 2.61. The minimum Gasteiger partial charge on any atom is -0.305 e. The number of hydrogen-bond donors (Lipinski definition) is 1. The molecule has 0 bridgehead atoms. The van der Waals surface area contributed by atoms with Crippen LogP contribution in [0.3, 0.4) is 0 Å². The predicted molar refractivity (Wildman–Crippen MR) is 108 cm³/mol. The van der Waals surface area contributed by atoms with Crippen molar-refractivity contribution in [3.8, 4) is 17.3 Å². The molecular weight excluding hydrogens is 380 g/mol. The minimum atomic E-state index is -0.322. The molecule has 130 valence electrons. The van der Waals surface area contributed by atoms with E-state index in [2.05, 4.69) is 21.0 Å². The van der Waals surface area contributed by atoms with Crippen molar-refractivity contribution >= 4 is 45.5 Å². The molecule has 0 amide bonds. The van der Waals surface area contributed by atoms with Gasteiger partial charge in [-0.15, -0.1) is 11.3 Å². The average Bonchev–Trinajstić information content (AvgIpc) is 3.15. The normalized spacial score (nSPS) is 11.5. The number of thiazole rings is 1. The molecule has 2 aromatic carbocycles. The quantitative estimate of drug-likeness (QED) is 0.511. The van der Waals surface area contributed by atoms with E-state index in [0.29, 0.717) is 20.9 Å². The Labute approximate surface area is 163 Å². The molecule has 2 heterocycles. The molecule has 0 radical (unpaired) electrons. The van der Waals surface area contributed by atoms with Crippen molar-refractivity contribution in [2.24, 2.45) is 0 Å². The van der Waals surface area contributed by atoms with Crippen LogP contribution < -0.4 is 5.56 Å². The number of halogens is 1. The zero-order valence-electron chi connectivity index (χ0n) is 13.8. The number of rotatable bonds is 3. The number of H-pyrrole nitrogens is 1. The first kappa shape index (κ1) is 17.2. The molecule has 0 aliphatic carbocycles. The van der Waals surface area contributed by atoms with Gasteiger partial charge in [0.15, 0.2) is 5.82 Å². The molecule has 0 saturated carbocycles. The van der Waals surface area contributed by atoms with Gasteiger partial charge < -0.3 is 4.98 Å². The van der Waals surface area contributed by atoms with Gasteiger partial charge >= 0.3 is 0 Å². The highest BCUT2D eigenvalue weighted by atomic mass is 35.5. The molecule has 0 spiro atoms. The molecular formula is C20H11ClN4OS. The van der Waals surface area contributed by atoms with E-state index in [-0.39, 0.29) is 17.0 Å². The zero-order chi connectivity index (χ0) is 18.8. The summed E-state index contributed by atoms with van der Waals surface area (Å²) in [5.74, 6) is 0.189. The zero-order valence-corrected chi connectivity index (χ0v) is 15.4. The molecule has 27 heavy (non-hydrogen) atoms. The third-order valence-electron chi connectivity index (χ3n) is 3.90. The van der Waals surface area contributed by atoms with Crippen LogP contribution in [0, 0.1) is 11.3 Å². The maximum absolute atomic E-state index is 12.3. The lowest BCUT2D eigenvalue weighted by molar-refractivity contribution is 1.13. The van der Waals surface area contributed by atoms with E-state index >= 15 is 0 Å². The van der Waals surface area contributed by atoms with Crippen LogP contribution in [0.25, 0.3) is 33.8 Å². The monoisotopic (exact) mass is 390 g/mol. The molecule has 7 heteroatoms. The van der Waals surface area contributed by atoms with Crippen LogP contribution in [0.4, 0.5) is 0 Å². The molecule has 0 atom stereocenters. The average molecular weight is 391 g/mol. The summed E-state index contributed by atoms with van der Waals surface area (Å²) in [6.07, 6.45) is 1.62. The standard InChI is InChI=1S/C20H11ClN4OS/c21-14-6-7-15-16(9-14)24-19(25-20(15)26)13(10-22)8-18-23-17(11-27-18)12-4-2-1-3-5-12/h1-9,11H,(H,24,25,26)/b13-8-. The smallest absolute Gasteiger partial charge is 0.259 e. The Hall–Kier alpha value is -3.27. The number of nitrogens with zero attached hydrogens (tertiary/aromatic N) is 3. The van der Waals surface area contributed by atoms with Crippen LogP contribution in [0.5, 0.6) is 0 Å². The highest BCUT2D eigenvalue weighted by molar-refractivity contribution is 7.10. The molecule has 0 aliphatic heterocycles. The number of fused-ring (bicyclic) bond motifs is 1. The Morgan fingerprint density at radius 2 is 2.00 bits per heavy atom. The number of nitriles is 1. The van der Waals surface area contributed by atoms with Crippen molar-refractivity contribution in [3.63, 3.8) is 0 Å². The Morgan fingerprint density at radius 3 is 2.78 bits per heavy atom. The minimum absolute atomic E-state index is 0.189. The van der Waals surface area contributed by atoms with E-state index in [4.69, 9.17) is 11.6 Å². The van der Waals surface area contributed by atoms with E-state index in [1.807, 2.05) is 35.7 Å². The molecule has 4 aromatic rings. The largest absolute Gasteiger partial charge is 0.305 e. The Morgan fingerprint density at radius 1 is 1.19 bits per heavy atom. The van der Waals surface area contributed by atoms with Crippen molar-refractivity contribution in [1.29, 1.82) is 5.26 Å². The second-order valence-corrected chi connectivity index (χ2v) is 7.01. The van der Waals surface area contributed by atoms with Gasteiger partial charge in [-0.25, -0.2) is 9.97 Å². The third-order valence-corrected chi connectivity index (χ3v) is 4.93. The van der Waals surface area contributed by atoms with Crippen LogP contribution >= 0.6 is 22.9 Å². The van der Waals surface area contributed by atoms with Gasteiger partial charge in [0, 0.05) is 16.0 Å². The second kappa shape index (κ2) is 7.16. The summed E-state index contributed by atoms with van der Waals surface area (Å²) < 4.78 is 0. The van der Waals surface area contributed by atoms with Crippen molar-refractivity contribution in [2.75, 3.05) is 0 Å². The summed E-state index contributed by atoms with van der Waals surface area (Å²) in [6.45, 7) is 0. The lowest BCUT2D eigenvalue weighted by atomic mass is 10.2. The summed E-state index contributed by atoms with van der Waals surface area (Å²) in [6, 6.07) is 16.7. The second-order valence-electron chi connectivity index (χ2n) is 5.68. The van der Waals surface area contributed by atoms with Crippen LogP contribution in [0.2, 0.25) is 5.02 Å². The van der Waals surface area contributed by atoms with Gasteiger partial charge in [0.2, 0.25) is 0 Å². The topological polar surface area (TPSA) is 82.4 Å². The number of hydrogen-bond acceptors (Lipinski definition) is 5. The Bertz CT molecular complexity index is 1270. The molecule has 0 unspecified atom stereocenters. The van der Waals surface area contributed by atoms with Crippen LogP contribution in [-0.2, 0) is 0 Å². The highest BCUT2D eigenvalue weighted by Gasteiger charge is 2.10. The summed E-state index contributed by atoms with van der Waals surface area (Å²) in [5.41, 5.74) is 2.17. The summed E-state index contributed by atoms with van der Waals surface area (Å²) in [4.78, 5) is 23.9. The van der Waals surface area contributed by atoms with Gasteiger partial charge in [0.1, 0.15) is 11.1 Å². The highest BCUT2D eigenvalue weighted by Crippen LogP contribution is 2.24. The maximum atomic E-state index is 12.3. The van der Waals surface area contributed by atoms with Gasteiger partial charge in [-0.2, -0.15) is 5.26 Å². The first-order valence-electron chi connectivity index (χ1n) is 7.97. The maximum Gasteiger partial charge on any atom is 0.259 e. The van der Waals surface area contributed by atoms with Crippen molar-refractivity contribution in [2.45, 2.75) is 0 Å². The van der Waals surface area contributed by atoms with Gasteiger partial charge in [0.25, 0.3) is 5.56 Å². The molecule has 5 nitrogen and oxygen atoms in total. The van der Waals surface area contributed by atoms with E-state index < -0.39 is 0 Å².